The van der Waals surface area contributed by atoms with Gasteiger partial charge in [-0.1, -0.05) is 38.1 Å². The topological polar surface area (TPSA) is 114 Å². The van der Waals surface area contributed by atoms with Crippen molar-refractivity contribution in [1.82, 2.24) is 10.2 Å². The molecule has 0 saturated heterocycles. The van der Waals surface area contributed by atoms with Crippen molar-refractivity contribution in [3.05, 3.63) is 65.0 Å². The summed E-state index contributed by atoms with van der Waals surface area (Å²) in [6, 6.07) is 13.1. The number of nitrogens with zero attached hydrogens (tertiary/aromatic N) is 1. The van der Waals surface area contributed by atoms with Crippen LogP contribution in [-0.2, 0) is 33.7 Å². The lowest BCUT2D eigenvalue weighted by molar-refractivity contribution is -0.132. The molecular weight excluding hydrogens is 537 g/mol. The number of hydrogen-bond acceptors (Lipinski definition) is 6. The number of nitrogens with two attached hydrogens (primary N) is 1. The summed E-state index contributed by atoms with van der Waals surface area (Å²) < 4.78 is 25.1. The van der Waals surface area contributed by atoms with E-state index in [1.807, 2.05) is 24.0 Å². The molecular formula is C33H50FN3O5. The summed E-state index contributed by atoms with van der Waals surface area (Å²) in [6.45, 7) is 7.15. The molecule has 0 aliphatic carbocycles. The molecule has 0 radical (unpaired) electrons. The predicted molar refractivity (Wildman–Crippen MR) is 164 cm³/mol. The minimum Gasteiger partial charge on any atom is -0.493 e. The van der Waals surface area contributed by atoms with E-state index in [2.05, 4.69) is 30.4 Å². The number of unbranched alkanes of at least 4 members (excludes halogenated alkanes) is 1. The summed E-state index contributed by atoms with van der Waals surface area (Å²) in [5.74, 6) is -0.834. The molecule has 2 atom stereocenters. The molecule has 0 heterocycles. The van der Waals surface area contributed by atoms with E-state index in [0.29, 0.717) is 64.2 Å². The Morgan fingerprint density at radius 2 is 1.83 bits per heavy atom. The van der Waals surface area contributed by atoms with Crippen LogP contribution in [0.15, 0.2) is 42.5 Å². The lowest BCUT2D eigenvalue weighted by Crippen LogP contribution is -2.34. The molecule has 0 bridgehead atoms. The number of benzene rings is 2. The smallest absolute Gasteiger partial charge is 0.222 e. The fourth-order valence-electron chi connectivity index (χ4n) is 4.82. The fraction of sp³-hybridized carbons (Fsp3) is 0.576. The van der Waals surface area contributed by atoms with Gasteiger partial charge in [-0.3, -0.25) is 9.59 Å². The highest BCUT2D eigenvalue weighted by atomic mass is 19.1. The van der Waals surface area contributed by atoms with Crippen LogP contribution < -0.4 is 15.8 Å². The number of carbonyl (C=O) groups excluding carboxylic acids is 2. The van der Waals surface area contributed by atoms with Crippen LogP contribution in [0.1, 0.15) is 69.1 Å². The predicted octanol–water partition coefficient (Wildman–Crippen LogP) is 4.40. The largest absolute Gasteiger partial charge is 0.493 e. The van der Waals surface area contributed by atoms with E-state index < -0.39 is 17.9 Å². The fourth-order valence-corrected chi connectivity index (χ4v) is 4.82. The number of ether oxygens (including phenoxy) is 2. The van der Waals surface area contributed by atoms with Gasteiger partial charge in [0.05, 0.1) is 25.2 Å². The monoisotopic (exact) mass is 587 g/mol. The van der Waals surface area contributed by atoms with Gasteiger partial charge in [-0.05, 0) is 73.8 Å². The first kappa shape index (κ1) is 35.2. The zero-order valence-corrected chi connectivity index (χ0v) is 25.6. The van der Waals surface area contributed by atoms with Crippen molar-refractivity contribution >= 4 is 11.8 Å². The van der Waals surface area contributed by atoms with Gasteiger partial charge < -0.3 is 30.5 Å². The molecule has 2 aromatic carbocycles. The van der Waals surface area contributed by atoms with E-state index in [1.165, 1.54) is 30.4 Å². The maximum atomic E-state index is 14.3. The molecule has 42 heavy (non-hydrogen) atoms. The third-order valence-corrected chi connectivity index (χ3v) is 7.22. The Morgan fingerprint density at radius 1 is 1.05 bits per heavy atom. The van der Waals surface area contributed by atoms with Crippen LogP contribution in [0.2, 0.25) is 0 Å². The van der Waals surface area contributed by atoms with E-state index in [4.69, 9.17) is 15.2 Å². The minimum absolute atomic E-state index is 0.00187. The van der Waals surface area contributed by atoms with Crippen LogP contribution in [0, 0.1) is 11.7 Å². The van der Waals surface area contributed by atoms with E-state index in [-0.39, 0.29) is 24.8 Å². The second-order valence-corrected chi connectivity index (χ2v) is 10.8. The summed E-state index contributed by atoms with van der Waals surface area (Å²) in [7, 11) is 1.51. The minimum atomic E-state index is -0.539. The molecule has 0 saturated carbocycles. The first-order valence-electron chi connectivity index (χ1n) is 15.2. The molecule has 2 amide bonds. The van der Waals surface area contributed by atoms with E-state index >= 15 is 0 Å². The molecule has 234 valence electrons. The average molecular weight is 588 g/mol. The standard InChI is InChI=1S/C33H50FN3O5/c1-4-15-37(32(39)14-12-28(24-41-3)33(35)40)16-6-7-17-42-31-20-26(19-29(34)21-31)11-13-30(38)23-36-22-27-10-8-9-25(5-2)18-27/h8-10,18-21,28,30,36,38H,4-7,11-17,22-24H2,1-3H3,(H2,35,40)/t28?,30-/m0/s1. The van der Waals surface area contributed by atoms with Crippen molar-refractivity contribution in [2.24, 2.45) is 11.7 Å². The van der Waals surface area contributed by atoms with Gasteiger partial charge >= 0.3 is 0 Å². The molecule has 0 aromatic heterocycles. The van der Waals surface area contributed by atoms with Gasteiger partial charge in [0.2, 0.25) is 11.8 Å². The number of amides is 2. The lowest BCUT2D eigenvalue weighted by Gasteiger charge is -2.23. The van der Waals surface area contributed by atoms with Gasteiger partial charge in [0.1, 0.15) is 11.6 Å². The Labute approximate surface area is 250 Å². The third-order valence-electron chi connectivity index (χ3n) is 7.22. The number of rotatable bonds is 22. The SMILES string of the molecule is CCCN(CCCCOc1cc(F)cc(CC[C@H](O)CNCc2cccc(CC)c2)c1)C(=O)CCC(COC)C(N)=O. The number of aryl methyl sites for hydroxylation is 2. The van der Waals surface area contributed by atoms with Crippen LogP contribution in [-0.4, -0.2) is 67.9 Å². The Bertz CT molecular complexity index is 1080. The maximum Gasteiger partial charge on any atom is 0.222 e. The van der Waals surface area contributed by atoms with Crippen molar-refractivity contribution in [2.45, 2.75) is 77.9 Å². The van der Waals surface area contributed by atoms with Crippen LogP contribution >= 0.6 is 0 Å². The van der Waals surface area contributed by atoms with Crippen LogP contribution in [0.5, 0.6) is 5.75 Å². The first-order valence-corrected chi connectivity index (χ1v) is 15.2. The Balaban J connectivity index is 1.72. The summed E-state index contributed by atoms with van der Waals surface area (Å²) in [4.78, 5) is 26.1. The number of aliphatic hydroxyl groups is 1. The lowest BCUT2D eigenvalue weighted by atomic mass is 10.0. The number of carbonyl (C=O) groups is 2. The van der Waals surface area contributed by atoms with Gasteiger partial charge in [0, 0.05) is 45.8 Å². The molecule has 8 nitrogen and oxygen atoms in total. The quantitative estimate of drug-likeness (QED) is 0.176. The zero-order chi connectivity index (χ0) is 30.7. The number of aliphatic hydroxyl groups excluding tert-OH is 1. The van der Waals surface area contributed by atoms with Gasteiger partial charge in [-0.25, -0.2) is 4.39 Å². The van der Waals surface area contributed by atoms with E-state index in [0.717, 1.165) is 24.8 Å². The highest BCUT2D eigenvalue weighted by molar-refractivity contribution is 5.79. The third kappa shape index (κ3) is 13.8. The van der Waals surface area contributed by atoms with Gasteiger partial charge in [0.25, 0.3) is 0 Å². The Hall–Kier alpha value is -3.01. The van der Waals surface area contributed by atoms with E-state index in [9.17, 15) is 19.1 Å². The van der Waals surface area contributed by atoms with Crippen molar-refractivity contribution in [3.63, 3.8) is 0 Å². The number of halogens is 1. The molecule has 1 unspecified atom stereocenters. The Morgan fingerprint density at radius 3 is 2.55 bits per heavy atom. The highest BCUT2D eigenvalue weighted by Gasteiger charge is 2.19. The van der Waals surface area contributed by atoms with Crippen LogP contribution in [0.25, 0.3) is 0 Å². The molecule has 0 spiro atoms. The maximum absolute atomic E-state index is 14.3. The number of methoxy groups -OCH3 is 1. The molecule has 4 N–H and O–H groups in total. The van der Waals surface area contributed by atoms with Gasteiger partial charge in [-0.2, -0.15) is 0 Å². The Kier molecular flexibility index (Phi) is 16.7. The summed E-state index contributed by atoms with van der Waals surface area (Å²) in [5, 5.41) is 13.7. The van der Waals surface area contributed by atoms with Crippen molar-refractivity contribution in [1.29, 1.82) is 0 Å². The van der Waals surface area contributed by atoms with Crippen LogP contribution in [0.4, 0.5) is 4.39 Å². The molecule has 2 rings (SSSR count). The number of nitrogens with one attached hydrogen (secondary N) is 1. The second kappa shape index (κ2) is 20.0. The van der Waals surface area contributed by atoms with E-state index in [1.54, 1.807) is 0 Å². The molecule has 9 heteroatoms. The van der Waals surface area contributed by atoms with Crippen molar-refractivity contribution in [2.75, 3.05) is 40.0 Å². The van der Waals surface area contributed by atoms with Crippen LogP contribution in [0.3, 0.4) is 0 Å². The summed E-state index contributed by atoms with van der Waals surface area (Å²) >= 11 is 0. The van der Waals surface area contributed by atoms with Gasteiger partial charge in [0.15, 0.2) is 0 Å². The molecule has 0 fully saturated rings. The summed E-state index contributed by atoms with van der Waals surface area (Å²) in [5.41, 5.74) is 8.66. The second-order valence-electron chi connectivity index (χ2n) is 10.8. The van der Waals surface area contributed by atoms with Gasteiger partial charge in [-0.15, -0.1) is 0 Å². The van der Waals surface area contributed by atoms with Crippen molar-refractivity contribution in [3.8, 4) is 5.75 Å². The number of hydrogen-bond donors (Lipinski definition) is 3. The average Bonchev–Trinajstić information content (AvgIpc) is 2.97. The van der Waals surface area contributed by atoms with Crippen molar-refractivity contribution < 1.29 is 28.6 Å². The number of primary amides is 1. The molecule has 0 aliphatic rings. The highest BCUT2D eigenvalue weighted by Crippen LogP contribution is 2.19. The normalized spacial score (nSPS) is 12.6. The summed E-state index contributed by atoms with van der Waals surface area (Å²) in [6.07, 6.45) is 4.41. The molecule has 0 aliphatic heterocycles. The molecule has 2 aromatic rings. The first-order chi connectivity index (χ1) is 20.2. The zero-order valence-electron chi connectivity index (χ0n) is 25.6.